The second-order valence-corrected chi connectivity index (χ2v) is 5.86. The number of hydrogen-bond donors (Lipinski definition) is 1. The quantitative estimate of drug-likeness (QED) is 0.923. The van der Waals surface area contributed by atoms with Gasteiger partial charge in [-0.25, -0.2) is 4.39 Å². The molecule has 0 aliphatic carbocycles. The van der Waals surface area contributed by atoms with E-state index >= 15 is 0 Å². The molecule has 1 unspecified atom stereocenters. The van der Waals surface area contributed by atoms with Gasteiger partial charge in [0.15, 0.2) is 5.96 Å². The number of halogens is 2. The van der Waals surface area contributed by atoms with Crippen LogP contribution in [0.25, 0.3) is 0 Å². The highest BCUT2D eigenvalue weighted by Gasteiger charge is 2.27. The summed E-state index contributed by atoms with van der Waals surface area (Å²) in [5, 5.41) is 0. The molecule has 1 aliphatic heterocycles. The number of nitrogens with two attached hydrogens (primary N) is 1. The molecule has 21 heavy (non-hydrogen) atoms. The lowest BCUT2D eigenvalue weighted by atomic mass is 10.1. The summed E-state index contributed by atoms with van der Waals surface area (Å²) in [5.41, 5.74) is 8.03. The summed E-state index contributed by atoms with van der Waals surface area (Å²) in [6.07, 6.45) is 0. The van der Waals surface area contributed by atoms with Crippen molar-refractivity contribution in [3.63, 3.8) is 0 Å². The van der Waals surface area contributed by atoms with Crippen molar-refractivity contribution in [1.82, 2.24) is 4.90 Å². The summed E-state index contributed by atoms with van der Waals surface area (Å²) in [6.45, 7) is 1.22. The molecule has 2 aromatic rings. The third-order valence-electron chi connectivity index (χ3n) is 3.62. The summed E-state index contributed by atoms with van der Waals surface area (Å²) in [7, 11) is 0. The monoisotopic (exact) mass is 347 g/mol. The van der Waals surface area contributed by atoms with E-state index in [0.29, 0.717) is 23.5 Å². The molecule has 3 rings (SSSR count). The predicted molar refractivity (Wildman–Crippen MR) is 85.3 cm³/mol. The van der Waals surface area contributed by atoms with Crippen molar-refractivity contribution in [3.8, 4) is 0 Å². The lowest BCUT2D eigenvalue weighted by Crippen LogP contribution is -2.35. The molecule has 2 aromatic carbocycles. The van der Waals surface area contributed by atoms with Crippen molar-refractivity contribution in [2.45, 2.75) is 12.6 Å². The van der Waals surface area contributed by atoms with E-state index in [1.165, 1.54) is 0 Å². The van der Waals surface area contributed by atoms with Crippen LogP contribution in [0.15, 0.2) is 58.0 Å². The Morgan fingerprint density at radius 1 is 1.24 bits per heavy atom. The van der Waals surface area contributed by atoms with Gasteiger partial charge >= 0.3 is 0 Å². The third-order valence-corrected chi connectivity index (χ3v) is 4.26. The average molecular weight is 348 g/mol. The maximum atomic E-state index is 13.7. The fourth-order valence-corrected chi connectivity index (χ4v) is 2.75. The molecule has 3 nitrogen and oxygen atoms in total. The lowest BCUT2D eigenvalue weighted by molar-refractivity contribution is 0.339. The Morgan fingerprint density at radius 3 is 2.71 bits per heavy atom. The van der Waals surface area contributed by atoms with Gasteiger partial charge in [-0.15, -0.1) is 0 Å². The molecule has 1 aliphatic rings. The molecule has 0 fully saturated rings. The van der Waals surface area contributed by atoms with E-state index in [9.17, 15) is 4.39 Å². The normalized spacial score (nSPS) is 17.9. The van der Waals surface area contributed by atoms with Crippen LogP contribution in [0.3, 0.4) is 0 Å². The molecule has 5 heteroatoms. The highest BCUT2D eigenvalue weighted by molar-refractivity contribution is 9.10. The summed E-state index contributed by atoms with van der Waals surface area (Å²) in [4.78, 5) is 6.32. The van der Waals surface area contributed by atoms with E-state index in [2.05, 4.69) is 20.9 Å². The van der Waals surface area contributed by atoms with Crippen LogP contribution < -0.4 is 5.73 Å². The van der Waals surface area contributed by atoms with Gasteiger partial charge in [0.05, 0.1) is 17.1 Å². The Hall–Kier alpha value is -1.88. The maximum absolute atomic E-state index is 13.7. The van der Waals surface area contributed by atoms with Crippen LogP contribution in [0.5, 0.6) is 0 Å². The molecule has 0 spiro atoms. The minimum absolute atomic E-state index is 0.0205. The van der Waals surface area contributed by atoms with Gasteiger partial charge in [0.2, 0.25) is 0 Å². The first-order chi connectivity index (χ1) is 10.1. The Bertz CT molecular complexity index is 672. The van der Waals surface area contributed by atoms with Gasteiger partial charge in [0.25, 0.3) is 0 Å². The minimum Gasteiger partial charge on any atom is -0.370 e. The summed E-state index contributed by atoms with van der Waals surface area (Å²) in [6, 6.07) is 15.2. The van der Waals surface area contributed by atoms with E-state index in [4.69, 9.17) is 5.73 Å². The molecule has 0 amide bonds. The molecular weight excluding hydrogens is 333 g/mol. The smallest absolute Gasteiger partial charge is 0.192 e. The van der Waals surface area contributed by atoms with Gasteiger partial charge in [-0.2, -0.15) is 0 Å². The Morgan fingerprint density at radius 2 is 2.00 bits per heavy atom. The summed E-state index contributed by atoms with van der Waals surface area (Å²) in [5.74, 6) is 0.241. The van der Waals surface area contributed by atoms with Crippen LogP contribution in [0.4, 0.5) is 4.39 Å². The molecular formula is C16H15BrFN3. The Kier molecular flexibility index (Phi) is 3.92. The number of rotatable bonds is 3. The van der Waals surface area contributed by atoms with E-state index < -0.39 is 0 Å². The van der Waals surface area contributed by atoms with Crippen LogP contribution >= 0.6 is 15.9 Å². The number of aliphatic imine (C=N–C) groups is 1. The van der Waals surface area contributed by atoms with Crippen molar-refractivity contribution in [1.29, 1.82) is 0 Å². The average Bonchev–Trinajstić information content (AvgIpc) is 2.85. The predicted octanol–water partition coefficient (Wildman–Crippen LogP) is 3.46. The molecule has 1 atom stereocenters. The van der Waals surface area contributed by atoms with Crippen molar-refractivity contribution in [3.05, 3.63) is 69.9 Å². The van der Waals surface area contributed by atoms with Gasteiger partial charge in [0.1, 0.15) is 5.82 Å². The molecule has 0 aromatic heterocycles. The van der Waals surface area contributed by atoms with Crippen LogP contribution in [0, 0.1) is 5.82 Å². The van der Waals surface area contributed by atoms with Crippen LogP contribution in [-0.4, -0.2) is 17.4 Å². The largest absolute Gasteiger partial charge is 0.370 e. The highest BCUT2D eigenvalue weighted by Crippen LogP contribution is 2.29. The van der Waals surface area contributed by atoms with Crippen LogP contribution in [0.2, 0.25) is 0 Å². The van der Waals surface area contributed by atoms with Gasteiger partial charge in [0, 0.05) is 6.54 Å². The number of hydrogen-bond acceptors (Lipinski definition) is 3. The van der Waals surface area contributed by atoms with Gasteiger partial charge in [-0.1, -0.05) is 36.4 Å². The summed E-state index contributed by atoms with van der Waals surface area (Å²) < 4.78 is 14.2. The van der Waals surface area contributed by atoms with Crippen molar-refractivity contribution >= 4 is 21.9 Å². The maximum Gasteiger partial charge on any atom is 0.192 e. The minimum atomic E-state index is -0.266. The second-order valence-electron chi connectivity index (χ2n) is 5.00. The van der Waals surface area contributed by atoms with Crippen molar-refractivity contribution in [2.24, 2.45) is 10.7 Å². The molecule has 0 bridgehead atoms. The van der Waals surface area contributed by atoms with Gasteiger partial charge < -0.3 is 10.6 Å². The zero-order valence-electron chi connectivity index (χ0n) is 11.3. The van der Waals surface area contributed by atoms with Gasteiger partial charge in [-0.3, -0.25) is 4.99 Å². The number of benzene rings is 2. The first kappa shape index (κ1) is 14.1. The molecule has 1 heterocycles. The van der Waals surface area contributed by atoms with Crippen molar-refractivity contribution in [2.75, 3.05) is 6.54 Å². The van der Waals surface area contributed by atoms with Crippen LogP contribution in [-0.2, 0) is 6.54 Å². The van der Waals surface area contributed by atoms with E-state index in [1.54, 1.807) is 12.1 Å². The molecule has 2 N–H and O–H groups in total. The Balaban J connectivity index is 1.86. The molecule has 0 radical (unpaired) electrons. The zero-order valence-corrected chi connectivity index (χ0v) is 12.9. The first-order valence-corrected chi connectivity index (χ1v) is 7.50. The number of guanidine groups is 1. The summed E-state index contributed by atoms with van der Waals surface area (Å²) >= 11 is 3.18. The van der Waals surface area contributed by atoms with E-state index in [-0.39, 0.29) is 11.9 Å². The topological polar surface area (TPSA) is 41.6 Å². The van der Waals surface area contributed by atoms with Gasteiger partial charge in [-0.05, 0) is 39.2 Å². The standard InChI is InChI=1S/C16H15BrFN3/c17-13-7-6-12(8-14(13)18)15-9-20-16(19)21(15)10-11-4-2-1-3-5-11/h1-8,15H,9-10H2,(H2,19,20). The van der Waals surface area contributed by atoms with E-state index in [1.807, 2.05) is 41.3 Å². The SMILES string of the molecule is NC1=NCC(c2ccc(Br)c(F)c2)N1Cc1ccccc1. The van der Waals surface area contributed by atoms with E-state index in [0.717, 1.165) is 11.1 Å². The fraction of sp³-hybridized carbons (Fsp3) is 0.188. The highest BCUT2D eigenvalue weighted by atomic mass is 79.9. The molecule has 0 saturated heterocycles. The third kappa shape index (κ3) is 2.93. The second kappa shape index (κ2) is 5.85. The fourth-order valence-electron chi connectivity index (χ4n) is 2.51. The lowest BCUT2D eigenvalue weighted by Gasteiger charge is -2.26. The van der Waals surface area contributed by atoms with Crippen LogP contribution in [0.1, 0.15) is 17.2 Å². The molecule has 0 saturated carbocycles. The first-order valence-electron chi connectivity index (χ1n) is 6.70. The molecule has 108 valence electrons. The zero-order chi connectivity index (χ0) is 14.8. The number of nitrogens with zero attached hydrogens (tertiary/aromatic N) is 2. The van der Waals surface area contributed by atoms with Crippen molar-refractivity contribution < 1.29 is 4.39 Å². The Labute approximate surface area is 131 Å².